The second kappa shape index (κ2) is 8.60. The summed E-state index contributed by atoms with van der Waals surface area (Å²) in [5, 5.41) is 4.28. The van der Waals surface area contributed by atoms with Gasteiger partial charge in [0.1, 0.15) is 6.33 Å². The highest BCUT2D eigenvalue weighted by molar-refractivity contribution is 5.85. The minimum absolute atomic E-state index is 0.0215. The largest absolute Gasteiger partial charge is 0.493 e. The molecule has 3 aromatic heterocycles. The summed E-state index contributed by atoms with van der Waals surface area (Å²) < 4.78 is 9.10. The first-order valence-corrected chi connectivity index (χ1v) is 11.5. The lowest BCUT2D eigenvalue weighted by Gasteiger charge is -2.32. The van der Waals surface area contributed by atoms with Crippen molar-refractivity contribution in [2.75, 3.05) is 26.7 Å². The van der Waals surface area contributed by atoms with E-state index in [1.165, 1.54) is 6.33 Å². The Kier molecular flexibility index (Phi) is 5.60. The van der Waals surface area contributed by atoms with Crippen LogP contribution in [0.2, 0.25) is 0 Å². The van der Waals surface area contributed by atoms with Gasteiger partial charge in [-0.2, -0.15) is 5.10 Å². The van der Waals surface area contributed by atoms with Crippen LogP contribution in [0.15, 0.2) is 35.5 Å². The van der Waals surface area contributed by atoms with Crippen molar-refractivity contribution >= 4 is 22.6 Å². The molecule has 1 unspecified atom stereocenters. The van der Waals surface area contributed by atoms with E-state index in [0.717, 1.165) is 47.1 Å². The lowest BCUT2D eigenvalue weighted by molar-refractivity contribution is -0.119. The first-order valence-electron chi connectivity index (χ1n) is 11.5. The molecule has 1 amide bonds. The van der Waals surface area contributed by atoms with Gasteiger partial charge in [-0.05, 0) is 54.6 Å². The third-order valence-electron chi connectivity index (χ3n) is 6.61. The van der Waals surface area contributed by atoms with Gasteiger partial charge in [-0.3, -0.25) is 14.3 Å². The molecule has 0 bridgehead atoms. The van der Waals surface area contributed by atoms with E-state index in [-0.39, 0.29) is 30.1 Å². The SMILES string of the molecule is COc1cc(-c2cc3[nH]c(=O)n(C4CCCN(CC(N)=O)C4)c3cc2C(C)C)cn2ncnc12. The normalized spacial score (nSPS) is 17.1. The van der Waals surface area contributed by atoms with E-state index in [2.05, 4.69) is 35.0 Å². The average molecular weight is 464 g/mol. The number of rotatable bonds is 6. The van der Waals surface area contributed by atoms with Crippen LogP contribution in [0.1, 0.15) is 44.2 Å². The third-order valence-corrected chi connectivity index (χ3v) is 6.61. The zero-order valence-electron chi connectivity index (χ0n) is 19.6. The molecule has 4 heterocycles. The van der Waals surface area contributed by atoms with Crippen LogP contribution in [0.4, 0.5) is 0 Å². The Morgan fingerprint density at radius 1 is 1.32 bits per heavy atom. The first-order chi connectivity index (χ1) is 16.4. The van der Waals surface area contributed by atoms with Crippen LogP contribution in [0.3, 0.4) is 0 Å². The van der Waals surface area contributed by atoms with Crippen LogP contribution in [0, 0.1) is 0 Å². The maximum atomic E-state index is 13.1. The van der Waals surface area contributed by atoms with Crippen LogP contribution >= 0.6 is 0 Å². The van der Waals surface area contributed by atoms with Gasteiger partial charge < -0.3 is 15.5 Å². The van der Waals surface area contributed by atoms with Crippen molar-refractivity contribution < 1.29 is 9.53 Å². The number of fused-ring (bicyclic) bond motifs is 2. The summed E-state index contributed by atoms with van der Waals surface area (Å²) in [5.74, 6) is 0.499. The lowest BCUT2D eigenvalue weighted by atomic mass is 9.92. The van der Waals surface area contributed by atoms with Crippen molar-refractivity contribution in [3.63, 3.8) is 0 Å². The number of benzene rings is 1. The fourth-order valence-corrected chi connectivity index (χ4v) is 5.08. The van der Waals surface area contributed by atoms with Gasteiger partial charge >= 0.3 is 5.69 Å². The van der Waals surface area contributed by atoms with Crippen LogP contribution in [0.25, 0.3) is 27.8 Å². The Labute approximate surface area is 196 Å². The number of piperidine rings is 1. The number of nitrogens with zero attached hydrogens (tertiary/aromatic N) is 5. The number of carbonyl (C=O) groups excluding carboxylic acids is 1. The van der Waals surface area contributed by atoms with Gasteiger partial charge in [0, 0.05) is 18.3 Å². The molecular formula is C24H29N7O3. The number of amides is 1. The number of hydrogen-bond donors (Lipinski definition) is 2. The van der Waals surface area contributed by atoms with E-state index < -0.39 is 0 Å². The number of H-pyrrole nitrogens is 1. The standard InChI is InChI=1S/C24H29N7O3/c1-14(2)17-9-20-19(8-18(17)15-7-21(34-3)23-26-13-27-30(23)10-15)28-24(33)31(20)16-5-4-6-29(11-16)12-22(25)32/h7-10,13-14,16H,4-6,11-12H2,1-3H3,(H2,25,32)(H,28,33). The third kappa shape index (κ3) is 3.83. The van der Waals surface area contributed by atoms with Crippen molar-refractivity contribution in [1.29, 1.82) is 0 Å². The molecule has 1 fully saturated rings. The molecule has 0 aliphatic carbocycles. The predicted molar refractivity (Wildman–Crippen MR) is 129 cm³/mol. The summed E-state index contributed by atoms with van der Waals surface area (Å²) in [5.41, 5.74) is 10.6. The fourth-order valence-electron chi connectivity index (χ4n) is 5.08. The Bertz CT molecular complexity index is 1430. The molecule has 178 valence electrons. The van der Waals surface area contributed by atoms with E-state index in [0.29, 0.717) is 17.9 Å². The number of carbonyl (C=O) groups is 1. The Morgan fingerprint density at radius 2 is 2.15 bits per heavy atom. The number of primary amides is 1. The number of likely N-dealkylation sites (tertiary alicyclic amines) is 1. The number of methoxy groups -OCH3 is 1. The maximum Gasteiger partial charge on any atom is 0.326 e. The molecule has 10 heteroatoms. The average Bonchev–Trinajstić information content (AvgIpc) is 3.40. The number of hydrogen-bond acceptors (Lipinski definition) is 6. The molecule has 3 N–H and O–H groups in total. The molecule has 1 atom stereocenters. The predicted octanol–water partition coefficient (Wildman–Crippen LogP) is 2.29. The molecule has 5 rings (SSSR count). The van der Waals surface area contributed by atoms with E-state index in [1.807, 2.05) is 27.8 Å². The van der Waals surface area contributed by atoms with Gasteiger partial charge in [0.25, 0.3) is 0 Å². The molecule has 0 radical (unpaired) electrons. The number of nitrogens with two attached hydrogens (primary N) is 1. The number of aromatic nitrogens is 5. The maximum absolute atomic E-state index is 13.1. The Hall–Kier alpha value is -3.66. The second-order valence-electron chi connectivity index (χ2n) is 9.23. The van der Waals surface area contributed by atoms with Crippen molar-refractivity contribution in [2.24, 2.45) is 5.73 Å². The van der Waals surface area contributed by atoms with Gasteiger partial charge in [0.2, 0.25) is 5.91 Å². The van der Waals surface area contributed by atoms with Gasteiger partial charge in [-0.25, -0.2) is 14.3 Å². The highest BCUT2D eigenvalue weighted by Crippen LogP contribution is 2.36. The molecule has 34 heavy (non-hydrogen) atoms. The minimum Gasteiger partial charge on any atom is -0.493 e. The molecule has 1 aromatic carbocycles. The number of aromatic amines is 1. The van der Waals surface area contributed by atoms with Gasteiger partial charge in [-0.15, -0.1) is 0 Å². The van der Waals surface area contributed by atoms with Gasteiger partial charge in [-0.1, -0.05) is 13.8 Å². The molecule has 4 aromatic rings. The van der Waals surface area contributed by atoms with E-state index in [9.17, 15) is 9.59 Å². The molecular weight excluding hydrogens is 434 g/mol. The van der Waals surface area contributed by atoms with Crippen molar-refractivity contribution in [2.45, 2.75) is 38.6 Å². The summed E-state index contributed by atoms with van der Waals surface area (Å²) in [6.07, 6.45) is 5.21. The fraction of sp³-hybridized carbons (Fsp3) is 0.417. The highest BCUT2D eigenvalue weighted by atomic mass is 16.5. The molecule has 1 saturated heterocycles. The van der Waals surface area contributed by atoms with Gasteiger partial charge in [0.05, 0.1) is 30.7 Å². The summed E-state index contributed by atoms with van der Waals surface area (Å²) in [7, 11) is 1.61. The number of imidazole rings is 1. The smallest absolute Gasteiger partial charge is 0.326 e. The molecule has 1 aliphatic rings. The number of ether oxygens (including phenoxy) is 1. The quantitative estimate of drug-likeness (QED) is 0.452. The summed E-state index contributed by atoms with van der Waals surface area (Å²) in [4.78, 5) is 33.9. The van der Waals surface area contributed by atoms with Crippen molar-refractivity contribution in [1.82, 2.24) is 29.0 Å². The molecule has 10 nitrogen and oxygen atoms in total. The van der Waals surface area contributed by atoms with E-state index in [1.54, 1.807) is 11.6 Å². The minimum atomic E-state index is -0.349. The first kappa shape index (κ1) is 22.1. The molecule has 1 aliphatic heterocycles. The zero-order valence-corrected chi connectivity index (χ0v) is 19.6. The summed E-state index contributed by atoms with van der Waals surface area (Å²) in [6, 6.07) is 6.07. The monoisotopic (exact) mass is 463 g/mol. The van der Waals surface area contributed by atoms with Crippen LogP contribution < -0.4 is 16.2 Å². The van der Waals surface area contributed by atoms with Crippen LogP contribution in [-0.2, 0) is 4.79 Å². The molecule has 0 spiro atoms. The van der Waals surface area contributed by atoms with Crippen LogP contribution in [0.5, 0.6) is 5.75 Å². The highest BCUT2D eigenvalue weighted by Gasteiger charge is 2.26. The summed E-state index contributed by atoms with van der Waals surface area (Å²) >= 11 is 0. The summed E-state index contributed by atoms with van der Waals surface area (Å²) in [6.45, 7) is 5.92. The Balaban J connectivity index is 1.64. The topological polar surface area (TPSA) is 124 Å². The van der Waals surface area contributed by atoms with E-state index in [4.69, 9.17) is 10.5 Å². The van der Waals surface area contributed by atoms with Gasteiger partial charge in [0.15, 0.2) is 11.4 Å². The molecule has 0 saturated carbocycles. The Morgan fingerprint density at radius 3 is 2.88 bits per heavy atom. The van der Waals surface area contributed by atoms with E-state index >= 15 is 0 Å². The van der Waals surface area contributed by atoms with Crippen molar-refractivity contribution in [3.05, 3.63) is 46.8 Å². The number of pyridine rings is 1. The second-order valence-corrected chi connectivity index (χ2v) is 9.23. The zero-order chi connectivity index (χ0) is 24.0. The van der Waals surface area contributed by atoms with Crippen LogP contribution in [-0.4, -0.2) is 61.7 Å². The number of nitrogens with one attached hydrogen (secondary N) is 1. The van der Waals surface area contributed by atoms with Crippen molar-refractivity contribution in [3.8, 4) is 16.9 Å². The lowest BCUT2D eigenvalue weighted by Crippen LogP contribution is -2.43.